The van der Waals surface area contributed by atoms with Gasteiger partial charge in [-0.05, 0) is 42.3 Å². The molecule has 0 aliphatic heterocycles. The molecule has 0 amide bonds. The molecular weight excluding hydrogens is 281 g/mol. The van der Waals surface area contributed by atoms with Crippen molar-refractivity contribution in [3.05, 3.63) is 58.3 Å². The van der Waals surface area contributed by atoms with Gasteiger partial charge in [-0.1, -0.05) is 34.1 Å². The summed E-state index contributed by atoms with van der Waals surface area (Å²) < 4.78 is 14.7. The Morgan fingerprint density at radius 1 is 1.18 bits per heavy atom. The predicted molar refractivity (Wildman–Crippen MR) is 72.1 cm³/mol. The lowest BCUT2D eigenvalue weighted by Crippen LogP contribution is -2.05. The fourth-order valence-corrected chi connectivity index (χ4v) is 2.10. The van der Waals surface area contributed by atoms with Crippen molar-refractivity contribution >= 4 is 15.9 Å². The standard InChI is InChI=1S/C14H13BrFN/c1-9(17)10-5-6-14(16)13(8-10)11-3-2-4-12(15)7-11/h2-9H,17H2,1H3. The quantitative estimate of drug-likeness (QED) is 0.879. The van der Waals surface area contributed by atoms with Crippen molar-refractivity contribution in [1.29, 1.82) is 0 Å². The molecule has 0 fully saturated rings. The number of hydrogen-bond donors (Lipinski definition) is 1. The van der Waals surface area contributed by atoms with Gasteiger partial charge in [0.25, 0.3) is 0 Å². The largest absolute Gasteiger partial charge is 0.324 e. The van der Waals surface area contributed by atoms with E-state index < -0.39 is 0 Å². The van der Waals surface area contributed by atoms with Crippen LogP contribution in [0.2, 0.25) is 0 Å². The number of nitrogens with two attached hydrogens (primary N) is 1. The third-order valence-corrected chi connectivity index (χ3v) is 3.15. The van der Waals surface area contributed by atoms with E-state index in [1.807, 2.05) is 37.3 Å². The molecule has 2 aromatic carbocycles. The number of benzene rings is 2. The Labute approximate surface area is 109 Å². The van der Waals surface area contributed by atoms with Crippen molar-refractivity contribution < 1.29 is 4.39 Å². The lowest BCUT2D eigenvalue weighted by atomic mass is 10.00. The number of halogens is 2. The Balaban J connectivity index is 2.54. The van der Waals surface area contributed by atoms with Gasteiger partial charge >= 0.3 is 0 Å². The van der Waals surface area contributed by atoms with E-state index in [0.29, 0.717) is 5.56 Å². The van der Waals surface area contributed by atoms with Gasteiger partial charge in [0.1, 0.15) is 5.82 Å². The highest BCUT2D eigenvalue weighted by Crippen LogP contribution is 2.27. The molecule has 2 rings (SSSR count). The lowest BCUT2D eigenvalue weighted by Gasteiger charge is -2.10. The van der Waals surface area contributed by atoms with Crippen LogP contribution in [0.25, 0.3) is 11.1 Å². The van der Waals surface area contributed by atoms with E-state index in [1.165, 1.54) is 6.07 Å². The van der Waals surface area contributed by atoms with Crippen molar-refractivity contribution in [3.8, 4) is 11.1 Å². The van der Waals surface area contributed by atoms with Gasteiger partial charge < -0.3 is 5.73 Å². The van der Waals surface area contributed by atoms with Crippen LogP contribution in [-0.4, -0.2) is 0 Å². The summed E-state index contributed by atoms with van der Waals surface area (Å²) in [4.78, 5) is 0. The van der Waals surface area contributed by atoms with Crippen LogP contribution in [0.15, 0.2) is 46.9 Å². The topological polar surface area (TPSA) is 26.0 Å². The highest BCUT2D eigenvalue weighted by Gasteiger charge is 2.08. The molecule has 0 aliphatic carbocycles. The van der Waals surface area contributed by atoms with E-state index in [-0.39, 0.29) is 11.9 Å². The zero-order valence-corrected chi connectivity index (χ0v) is 11.0. The summed E-state index contributed by atoms with van der Waals surface area (Å²) in [7, 11) is 0. The molecule has 1 atom stereocenters. The Morgan fingerprint density at radius 2 is 1.94 bits per heavy atom. The second-order valence-electron chi connectivity index (χ2n) is 4.04. The van der Waals surface area contributed by atoms with Crippen LogP contribution in [0.1, 0.15) is 18.5 Å². The normalized spacial score (nSPS) is 12.5. The molecule has 1 nitrogen and oxygen atoms in total. The first-order valence-corrected chi connectivity index (χ1v) is 6.18. The van der Waals surface area contributed by atoms with Crippen LogP contribution in [0, 0.1) is 5.82 Å². The maximum Gasteiger partial charge on any atom is 0.131 e. The molecule has 0 spiro atoms. The predicted octanol–water partition coefficient (Wildman–Crippen LogP) is 4.27. The van der Waals surface area contributed by atoms with E-state index in [0.717, 1.165) is 15.6 Å². The Morgan fingerprint density at radius 3 is 2.59 bits per heavy atom. The average Bonchev–Trinajstić information content (AvgIpc) is 2.29. The summed E-state index contributed by atoms with van der Waals surface area (Å²) in [5.41, 5.74) is 8.17. The minimum absolute atomic E-state index is 0.0958. The Hall–Kier alpha value is -1.19. The fourth-order valence-electron chi connectivity index (χ4n) is 1.70. The Bertz CT molecular complexity index is 537. The van der Waals surface area contributed by atoms with E-state index in [1.54, 1.807) is 6.07 Å². The second kappa shape index (κ2) is 4.98. The first-order chi connectivity index (χ1) is 8.08. The first kappa shape index (κ1) is 12.3. The van der Waals surface area contributed by atoms with Gasteiger partial charge in [0, 0.05) is 16.1 Å². The van der Waals surface area contributed by atoms with Gasteiger partial charge in [0.15, 0.2) is 0 Å². The average molecular weight is 294 g/mol. The highest BCUT2D eigenvalue weighted by atomic mass is 79.9. The molecule has 0 saturated carbocycles. The molecule has 2 N–H and O–H groups in total. The summed E-state index contributed by atoms with van der Waals surface area (Å²) >= 11 is 3.38. The molecule has 3 heteroatoms. The second-order valence-corrected chi connectivity index (χ2v) is 4.95. The van der Waals surface area contributed by atoms with Gasteiger partial charge in [0.2, 0.25) is 0 Å². The first-order valence-electron chi connectivity index (χ1n) is 5.39. The number of rotatable bonds is 2. The SMILES string of the molecule is CC(N)c1ccc(F)c(-c2cccc(Br)c2)c1. The fraction of sp³-hybridized carbons (Fsp3) is 0.143. The van der Waals surface area contributed by atoms with Gasteiger partial charge in [-0.2, -0.15) is 0 Å². The van der Waals surface area contributed by atoms with Crippen LogP contribution in [-0.2, 0) is 0 Å². The third kappa shape index (κ3) is 2.73. The van der Waals surface area contributed by atoms with Crippen molar-refractivity contribution in [2.45, 2.75) is 13.0 Å². The lowest BCUT2D eigenvalue weighted by molar-refractivity contribution is 0.629. The molecule has 0 bridgehead atoms. The zero-order chi connectivity index (χ0) is 12.4. The molecule has 1 unspecified atom stereocenters. The summed E-state index contributed by atoms with van der Waals surface area (Å²) in [6, 6.07) is 12.5. The van der Waals surface area contributed by atoms with Gasteiger partial charge in [-0.25, -0.2) is 4.39 Å². The molecule has 0 aromatic heterocycles. The summed E-state index contributed by atoms with van der Waals surface area (Å²) in [5, 5.41) is 0. The minimum atomic E-state index is -0.229. The smallest absolute Gasteiger partial charge is 0.131 e. The highest BCUT2D eigenvalue weighted by molar-refractivity contribution is 9.10. The van der Waals surface area contributed by atoms with Gasteiger partial charge in [0.05, 0.1) is 0 Å². The van der Waals surface area contributed by atoms with E-state index in [4.69, 9.17) is 5.73 Å². The van der Waals surface area contributed by atoms with Crippen molar-refractivity contribution in [1.82, 2.24) is 0 Å². The van der Waals surface area contributed by atoms with Crippen LogP contribution >= 0.6 is 15.9 Å². The van der Waals surface area contributed by atoms with E-state index in [2.05, 4.69) is 15.9 Å². The van der Waals surface area contributed by atoms with Crippen molar-refractivity contribution in [2.75, 3.05) is 0 Å². The van der Waals surface area contributed by atoms with Crippen LogP contribution < -0.4 is 5.73 Å². The molecule has 2 aromatic rings. The maximum atomic E-state index is 13.8. The van der Waals surface area contributed by atoms with Crippen LogP contribution in [0.3, 0.4) is 0 Å². The molecule has 0 radical (unpaired) electrons. The molecule has 0 saturated heterocycles. The third-order valence-electron chi connectivity index (χ3n) is 2.65. The molecule has 88 valence electrons. The van der Waals surface area contributed by atoms with E-state index >= 15 is 0 Å². The van der Waals surface area contributed by atoms with Crippen LogP contribution in [0.4, 0.5) is 4.39 Å². The van der Waals surface area contributed by atoms with Gasteiger partial charge in [-0.15, -0.1) is 0 Å². The maximum absolute atomic E-state index is 13.8. The van der Waals surface area contributed by atoms with E-state index in [9.17, 15) is 4.39 Å². The molecule has 0 aliphatic rings. The van der Waals surface area contributed by atoms with Gasteiger partial charge in [-0.3, -0.25) is 0 Å². The summed E-state index contributed by atoms with van der Waals surface area (Å²) in [6.45, 7) is 1.89. The molecule has 17 heavy (non-hydrogen) atoms. The molecular formula is C14H13BrFN. The zero-order valence-electron chi connectivity index (χ0n) is 9.45. The summed E-state index contributed by atoms with van der Waals surface area (Å²) in [5.74, 6) is -0.229. The summed E-state index contributed by atoms with van der Waals surface area (Å²) in [6.07, 6.45) is 0. The molecule has 0 heterocycles. The minimum Gasteiger partial charge on any atom is -0.324 e. The van der Waals surface area contributed by atoms with Crippen molar-refractivity contribution in [2.24, 2.45) is 5.73 Å². The monoisotopic (exact) mass is 293 g/mol. The number of hydrogen-bond acceptors (Lipinski definition) is 1. The Kier molecular flexibility index (Phi) is 3.60. The van der Waals surface area contributed by atoms with Crippen LogP contribution in [0.5, 0.6) is 0 Å². The van der Waals surface area contributed by atoms with Crippen molar-refractivity contribution in [3.63, 3.8) is 0 Å².